The van der Waals surface area contributed by atoms with Crippen molar-refractivity contribution in [1.29, 1.82) is 0 Å². The van der Waals surface area contributed by atoms with Crippen LogP contribution in [-0.2, 0) is 6.54 Å². The molecule has 21 heavy (non-hydrogen) atoms. The van der Waals surface area contributed by atoms with Gasteiger partial charge in [0, 0.05) is 17.4 Å². The lowest BCUT2D eigenvalue weighted by Gasteiger charge is -2.08. The monoisotopic (exact) mass is 301 g/mol. The van der Waals surface area contributed by atoms with Crippen molar-refractivity contribution in [1.82, 2.24) is 9.55 Å². The van der Waals surface area contributed by atoms with Gasteiger partial charge >= 0.3 is 0 Å². The first-order chi connectivity index (χ1) is 10.2. The summed E-state index contributed by atoms with van der Waals surface area (Å²) in [6.45, 7) is 0.398. The maximum Gasteiger partial charge on any atom is 0.297 e. The average molecular weight is 302 g/mol. The summed E-state index contributed by atoms with van der Waals surface area (Å²) in [5.74, 6) is 0.989. The summed E-state index contributed by atoms with van der Waals surface area (Å²) < 4.78 is 6.70. The largest absolute Gasteiger partial charge is 0.467 e. The van der Waals surface area contributed by atoms with E-state index in [4.69, 9.17) is 16.0 Å². The van der Waals surface area contributed by atoms with Gasteiger partial charge in [0.2, 0.25) is 0 Å². The standard InChI is InChI=1S/C15H12ClN3O2/c16-11-3-1-4-12(9-11)19-7-6-17-14(15(19)20)18-10-13-5-2-8-21-13/h1-9H,10H2,(H,17,18). The number of nitrogens with one attached hydrogen (secondary N) is 1. The average Bonchev–Trinajstić information content (AvgIpc) is 2.99. The molecule has 2 heterocycles. The maximum absolute atomic E-state index is 12.4. The number of anilines is 1. The van der Waals surface area contributed by atoms with Crippen LogP contribution in [0.1, 0.15) is 5.76 Å². The second-order valence-electron chi connectivity index (χ2n) is 4.36. The van der Waals surface area contributed by atoms with Gasteiger partial charge in [-0.15, -0.1) is 0 Å². The predicted octanol–water partition coefficient (Wildman–Crippen LogP) is 3.09. The van der Waals surface area contributed by atoms with Crippen molar-refractivity contribution >= 4 is 17.4 Å². The molecule has 0 aliphatic carbocycles. The fourth-order valence-corrected chi connectivity index (χ4v) is 2.13. The van der Waals surface area contributed by atoms with E-state index in [9.17, 15) is 4.79 Å². The molecule has 1 N–H and O–H groups in total. The zero-order valence-electron chi connectivity index (χ0n) is 11.0. The Morgan fingerprint density at radius 2 is 2.19 bits per heavy atom. The van der Waals surface area contributed by atoms with Gasteiger partial charge < -0.3 is 9.73 Å². The van der Waals surface area contributed by atoms with Gasteiger partial charge in [0.05, 0.1) is 18.5 Å². The molecule has 0 amide bonds. The minimum atomic E-state index is -0.244. The zero-order valence-corrected chi connectivity index (χ0v) is 11.7. The first-order valence-corrected chi connectivity index (χ1v) is 6.72. The molecule has 0 atom stereocenters. The summed E-state index contributed by atoms with van der Waals surface area (Å²) in [6, 6.07) is 10.7. The Morgan fingerprint density at radius 3 is 2.95 bits per heavy atom. The molecule has 0 aliphatic rings. The van der Waals surface area contributed by atoms with E-state index >= 15 is 0 Å². The van der Waals surface area contributed by atoms with Crippen molar-refractivity contribution in [3.8, 4) is 5.69 Å². The molecule has 0 unspecified atom stereocenters. The quantitative estimate of drug-likeness (QED) is 0.804. The SMILES string of the molecule is O=c1c(NCc2ccco2)nccn1-c1cccc(Cl)c1. The van der Waals surface area contributed by atoms with E-state index < -0.39 is 0 Å². The van der Waals surface area contributed by atoms with Crippen LogP contribution in [0.2, 0.25) is 5.02 Å². The molecule has 106 valence electrons. The third-order valence-corrected chi connectivity index (χ3v) is 3.17. The number of hydrogen-bond acceptors (Lipinski definition) is 4. The van der Waals surface area contributed by atoms with Crippen molar-refractivity contribution in [3.05, 3.63) is 76.2 Å². The van der Waals surface area contributed by atoms with Crippen molar-refractivity contribution in [2.24, 2.45) is 0 Å². The summed E-state index contributed by atoms with van der Waals surface area (Å²) in [5, 5.41) is 3.54. The molecule has 0 saturated carbocycles. The van der Waals surface area contributed by atoms with Crippen LogP contribution in [0.15, 0.2) is 64.3 Å². The van der Waals surface area contributed by atoms with E-state index in [1.165, 1.54) is 4.57 Å². The van der Waals surface area contributed by atoms with Crippen LogP contribution in [0.25, 0.3) is 5.69 Å². The molecular weight excluding hydrogens is 290 g/mol. The van der Waals surface area contributed by atoms with Crippen LogP contribution in [0, 0.1) is 0 Å². The molecule has 2 aromatic heterocycles. The first-order valence-electron chi connectivity index (χ1n) is 6.34. The number of halogens is 1. The third kappa shape index (κ3) is 2.98. The van der Waals surface area contributed by atoms with Gasteiger partial charge in [-0.05, 0) is 30.3 Å². The summed E-state index contributed by atoms with van der Waals surface area (Å²) in [6.07, 6.45) is 4.75. The van der Waals surface area contributed by atoms with Gasteiger partial charge in [0.1, 0.15) is 5.76 Å². The number of furan rings is 1. The molecule has 1 aromatic carbocycles. The smallest absolute Gasteiger partial charge is 0.297 e. The van der Waals surface area contributed by atoms with E-state index in [0.29, 0.717) is 17.3 Å². The van der Waals surface area contributed by atoms with Crippen molar-refractivity contribution in [2.75, 3.05) is 5.32 Å². The molecule has 0 spiro atoms. The highest BCUT2D eigenvalue weighted by Crippen LogP contribution is 2.13. The van der Waals surface area contributed by atoms with Crippen LogP contribution in [0.3, 0.4) is 0 Å². The maximum atomic E-state index is 12.4. The summed E-state index contributed by atoms with van der Waals surface area (Å²) >= 11 is 5.96. The van der Waals surface area contributed by atoms with Gasteiger partial charge in [0.25, 0.3) is 5.56 Å². The highest BCUT2D eigenvalue weighted by molar-refractivity contribution is 6.30. The second-order valence-corrected chi connectivity index (χ2v) is 4.80. The lowest BCUT2D eigenvalue weighted by Crippen LogP contribution is -2.22. The zero-order chi connectivity index (χ0) is 14.7. The predicted molar refractivity (Wildman–Crippen MR) is 80.9 cm³/mol. The van der Waals surface area contributed by atoms with Crippen LogP contribution in [-0.4, -0.2) is 9.55 Å². The Kier molecular flexibility index (Phi) is 3.75. The number of hydrogen-bond donors (Lipinski definition) is 1. The van der Waals surface area contributed by atoms with E-state index in [0.717, 1.165) is 5.76 Å². The fraction of sp³-hybridized carbons (Fsp3) is 0.0667. The normalized spacial score (nSPS) is 10.5. The molecular formula is C15H12ClN3O2. The van der Waals surface area contributed by atoms with Gasteiger partial charge in [-0.2, -0.15) is 0 Å². The highest BCUT2D eigenvalue weighted by Gasteiger charge is 2.07. The van der Waals surface area contributed by atoms with Crippen LogP contribution in [0.5, 0.6) is 0 Å². The van der Waals surface area contributed by atoms with E-state index in [1.54, 1.807) is 42.9 Å². The van der Waals surface area contributed by atoms with E-state index in [-0.39, 0.29) is 11.4 Å². The van der Waals surface area contributed by atoms with Crippen molar-refractivity contribution in [2.45, 2.75) is 6.54 Å². The van der Waals surface area contributed by atoms with Crippen molar-refractivity contribution in [3.63, 3.8) is 0 Å². The van der Waals surface area contributed by atoms with E-state index in [1.807, 2.05) is 12.1 Å². The molecule has 0 bridgehead atoms. The minimum absolute atomic E-state index is 0.244. The van der Waals surface area contributed by atoms with Crippen molar-refractivity contribution < 1.29 is 4.42 Å². The number of aromatic nitrogens is 2. The number of benzene rings is 1. The van der Waals surface area contributed by atoms with E-state index in [2.05, 4.69) is 10.3 Å². The Balaban J connectivity index is 1.90. The minimum Gasteiger partial charge on any atom is -0.467 e. The Labute approximate surface area is 125 Å². The molecule has 5 nitrogen and oxygen atoms in total. The van der Waals surface area contributed by atoms with Crippen LogP contribution in [0.4, 0.5) is 5.82 Å². The number of nitrogens with zero attached hydrogens (tertiary/aromatic N) is 2. The summed E-state index contributed by atoms with van der Waals surface area (Å²) in [7, 11) is 0. The Morgan fingerprint density at radius 1 is 1.29 bits per heavy atom. The summed E-state index contributed by atoms with van der Waals surface area (Å²) in [5.41, 5.74) is 0.447. The lowest BCUT2D eigenvalue weighted by molar-refractivity contribution is 0.517. The molecule has 0 saturated heterocycles. The number of rotatable bonds is 4. The van der Waals surface area contributed by atoms with Crippen LogP contribution >= 0.6 is 11.6 Å². The lowest BCUT2D eigenvalue weighted by atomic mass is 10.3. The first kappa shape index (κ1) is 13.5. The topological polar surface area (TPSA) is 60.1 Å². The van der Waals surface area contributed by atoms with Gasteiger partial charge in [-0.3, -0.25) is 9.36 Å². The van der Waals surface area contributed by atoms with Gasteiger partial charge in [-0.1, -0.05) is 17.7 Å². The molecule has 0 aliphatic heterocycles. The second kappa shape index (κ2) is 5.85. The fourth-order valence-electron chi connectivity index (χ4n) is 1.95. The van der Waals surface area contributed by atoms with Gasteiger partial charge in [-0.25, -0.2) is 4.98 Å². The van der Waals surface area contributed by atoms with Gasteiger partial charge in [0.15, 0.2) is 5.82 Å². The highest BCUT2D eigenvalue weighted by atomic mass is 35.5. The Hall–Kier alpha value is -2.53. The molecule has 3 rings (SSSR count). The molecule has 3 aromatic rings. The molecule has 6 heteroatoms. The molecule has 0 radical (unpaired) electrons. The Bertz CT molecular complexity index is 797. The third-order valence-electron chi connectivity index (χ3n) is 2.94. The summed E-state index contributed by atoms with van der Waals surface area (Å²) in [4.78, 5) is 16.5. The van der Waals surface area contributed by atoms with Crippen LogP contribution < -0.4 is 10.9 Å². The molecule has 0 fully saturated rings.